The molecular formula is C21H25ClN2O2. The molecule has 0 radical (unpaired) electrons. The van der Waals surface area contributed by atoms with E-state index in [-0.39, 0.29) is 12.3 Å². The molecule has 0 heterocycles. The number of hydrazone groups is 1. The van der Waals surface area contributed by atoms with Crippen molar-refractivity contribution in [1.82, 2.24) is 5.43 Å². The van der Waals surface area contributed by atoms with Crippen molar-refractivity contribution in [3.8, 4) is 5.75 Å². The van der Waals surface area contributed by atoms with Gasteiger partial charge in [0.25, 0.3) is 0 Å². The Labute approximate surface area is 160 Å². The predicted molar refractivity (Wildman–Crippen MR) is 107 cm³/mol. The number of hydrogen-bond donors (Lipinski definition) is 1. The van der Waals surface area contributed by atoms with Gasteiger partial charge in [-0.3, -0.25) is 4.79 Å². The van der Waals surface area contributed by atoms with E-state index in [1.165, 1.54) is 12.8 Å². The Balaban J connectivity index is 1.89. The highest BCUT2D eigenvalue weighted by atomic mass is 35.5. The van der Waals surface area contributed by atoms with Crippen molar-refractivity contribution in [2.45, 2.75) is 39.0 Å². The largest absolute Gasteiger partial charge is 0.493 e. The first-order valence-electron chi connectivity index (χ1n) is 8.97. The molecule has 0 spiro atoms. The van der Waals surface area contributed by atoms with Crippen LogP contribution in [0.4, 0.5) is 0 Å². The standard InChI is InChI=1S/C21H25ClN2O2/c1-2-3-4-8-13-26-20-12-11-19(22)15-18(20)16-23-24-21(25)14-17-9-6-5-7-10-17/h5-7,9-12,15-16H,2-4,8,13-14H2,1H3,(H,24,25)/b23-16+. The topological polar surface area (TPSA) is 50.7 Å². The Morgan fingerprint density at radius 3 is 2.73 bits per heavy atom. The lowest BCUT2D eigenvalue weighted by Crippen LogP contribution is -2.19. The van der Waals surface area contributed by atoms with Crippen molar-refractivity contribution in [3.63, 3.8) is 0 Å². The first-order chi connectivity index (χ1) is 12.7. The quantitative estimate of drug-likeness (QED) is 0.363. The van der Waals surface area contributed by atoms with Crippen LogP contribution in [0.2, 0.25) is 5.02 Å². The van der Waals surface area contributed by atoms with Crippen LogP contribution in [-0.2, 0) is 11.2 Å². The molecule has 0 aromatic heterocycles. The zero-order valence-corrected chi connectivity index (χ0v) is 15.8. The Bertz CT molecular complexity index is 717. The molecule has 0 saturated heterocycles. The first kappa shape index (κ1) is 20.0. The molecule has 0 aliphatic heterocycles. The third-order valence-electron chi connectivity index (χ3n) is 3.83. The van der Waals surface area contributed by atoms with Crippen LogP contribution >= 0.6 is 11.6 Å². The van der Waals surface area contributed by atoms with E-state index in [1.807, 2.05) is 36.4 Å². The first-order valence-corrected chi connectivity index (χ1v) is 9.35. The van der Waals surface area contributed by atoms with Gasteiger partial charge in [-0.15, -0.1) is 0 Å². The number of rotatable bonds is 10. The molecule has 138 valence electrons. The third kappa shape index (κ3) is 7.28. The third-order valence-corrected chi connectivity index (χ3v) is 4.06. The Kier molecular flexibility index (Phi) is 8.70. The van der Waals surface area contributed by atoms with Gasteiger partial charge in [-0.1, -0.05) is 68.1 Å². The fraction of sp³-hybridized carbons (Fsp3) is 0.333. The van der Waals surface area contributed by atoms with E-state index < -0.39 is 0 Å². The van der Waals surface area contributed by atoms with Gasteiger partial charge in [0.2, 0.25) is 5.91 Å². The highest BCUT2D eigenvalue weighted by Gasteiger charge is 2.04. The average Bonchev–Trinajstić information content (AvgIpc) is 2.64. The SMILES string of the molecule is CCCCCCOc1ccc(Cl)cc1/C=N/NC(=O)Cc1ccccc1. The van der Waals surface area contributed by atoms with Crippen LogP contribution in [0.15, 0.2) is 53.6 Å². The molecule has 4 nitrogen and oxygen atoms in total. The molecule has 1 amide bonds. The van der Waals surface area contributed by atoms with Crippen LogP contribution in [0.25, 0.3) is 0 Å². The van der Waals surface area contributed by atoms with E-state index in [4.69, 9.17) is 16.3 Å². The molecule has 0 fully saturated rings. The molecule has 2 rings (SSSR count). The van der Waals surface area contributed by atoms with Gasteiger partial charge >= 0.3 is 0 Å². The Morgan fingerprint density at radius 1 is 1.15 bits per heavy atom. The summed E-state index contributed by atoms with van der Waals surface area (Å²) in [6.07, 6.45) is 6.43. The van der Waals surface area contributed by atoms with Gasteiger partial charge in [0.05, 0.1) is 19.2 Å². The molecule has 2 aromatic carbocycles. The van der Waals surface area contributed by atoms with Crippen molar-refractivity contribution in [2.24, 2.45) is 5.10 Å². The number of hydrogen-bond acceptors (Lipinski definition) is 3. The molecule has 1 N–H and O–H groups in total. The maximum atomic E-state index is 11.9. The summed E-state index contributed by atoms with van der Waals surface area (Å²) in [5, 5.41) is 4.63. The maximum Gasteiger partial charge on any atom is 0.244 e. The summed E-state index contributed by atoms with van der Waals surface area (Å²) in [6.45, 7) is 2.84. The summed E-state index contributed by atoms with van der Waals surface area (Å²) in [6, 6.07) is 14.9. The Morgan fingerprint density at radius 2 is 1.96 bits per heavy atom. The van der Waals surface area contributed by atoms with Gasteiger partial charge in [0, 0.05) is 10.6 Å². The van der Waals surface area contributed by atoms with Crippen molar-refractivity contribution >= 4 is 23.7 Å². The lowest BCUT2D eigenvalue weighted by atomic mass is 10.1. The molecule has 2 aromatic rings. The van der Waals surface area contributed by atoms with Crippen LogP contribution in [-0.4, -0.2) is 18.7 Å². The summed E-state index contributed by atoms with van der Waals surface area (Å²) >= 11 is 6.06. The second-order valence-electron chi connectivity index (χ2n) is 6.05. The summed E-state index contributed by atoms with van der Waals surface area (Å²) in [5.41, 5.74) is 4.23. The monoisotopic (exact) mass is 372 g/mol. The zero-order valence-electron chi connectivity index (χ0n) is 15.1. The number of ether oxygens (including phenoxy) is 1. The van der Waals surface area contributed by atoms with Gasteiger partial charge in [-0.2, -0.15) is 5.10 Å². The number of unbranched alkanes of at least 4 members (excludes halogenated alkanes) is 3. The number of benzene rings is 2. The van der Waals surface area contributed by atoms with E-state index in [0.29, 0.717) is 17.4 Å². The average molecular weight is 373 g/mol. The molecule has 0 aliphatic rings. The molecular weight excluding hydrogens is 348 g/mol. The van der Waals surface area contributed by atoms with Crippen molar-refractivity contribution in [2.75, 3.05) is 6.61 Å². The maximum absolute atomic E-state index is 11.9. The van der Waals surface area contributed by atoms with Crippen LogP contribution < -0.4 is 10.2 Å². The van der Waals surface area contributed by atoms with E-state index in [1.54, 1.807) is 18.3 Å². The minimum absolute atomic E-state index is 0.170. The van der Waals surface area contributed by atoms with Crippen molar-refractivity contribution in [3.05, 3.63) is 64.7 Å². The normalized spacial score (nSPS) is 10.8. The van der Waals surface area contributed by atoms with Gasteiger partial charge in [0.1, 0.15) is 5.75 Å². The number of amides is 1. The minimum Gasteiger partial charge on any atom is -0.493 e. The zero-order chi connectivity index (χ0) is 18.6. The van der Waals surface area contributed by atoms with Gasteiger partial charge in [-0.05, 0) is 30.2 Å². The lowest BCUT2D eigenvalue weighted by Gasteiger charge is -2.09. The molecule has 0 unspecified atom stereocenters. The van der Waals surface area contributed by atoms with E-state index in [2.05, 4.69) is 17.5 Å². The lowest BCUT2D eigenvalue weighted by molar-refractivity contribution is -0.120. The number of halogens is 1. The smallest absolute Gasteiger partial charge is 0.244 e. The molecule has 0 aliphatic carbocycles. The minimum atomic E-state index is -0.170. The van der Waals surface area contributed by atoms with Crippen LogP contribution in [0, 0.1) is 0 Å². The second-order valence-corrected chi connectivity index (χ2v) is 6.48. The predicted octanol–water partition coefficient (Wildman–Crippen LogP) is 4.99. The number of nitrogens with zero attached hydrogens (tertiary/aromatic N) is 1. The molecule has 0 saturated carbocycles. The molecule has 5 heteroatoms. The van der Waals surface area contributed by atoms with Gasteiger partial charge < -0.3 is 4.74 Å². The summed E-state index contributed by atoms with van der Waals surface area (Å²) in [5.74, 6) is 0.545. The van der Waals surface area contributed by atoms with Crippen molar-refractivity contribution in [1.29, 1.82) is 0 Å². The summed E-state index contributed by atoms with van der Waals surface area (Å²) in [4.78, 5) is 11.9. The summed E-state index contributed by atoms with van der Waals surface area (Å²) in [7, 11) is 0. The Hall–Kier alpha value is -2.33. The highest BCUT2D eigenvalue weighted by molar-refractivity contribution is 6.30. The summed E-state index contributed by atoms with van der Waals surface area (Å²) < 4.78 is 5.83. The fourth-order valence-corrected chi connectivity index (χ4v) is 2.64. The molecule has 26 heavy (non-hydrogen) atoms. The van der Waals surface area contributed by atoms with E-state index in [0.717, 1.165) is 24.0 Å². The van der Waals surface area contributed by atoms with Crippen LogP contribution in [0.1, 0.15) is 43.7 Å². The molecule has 0 atom stereocenters. The fourth-order valence-electron chi connectivity index (χ4n) is 2.46. The van der Waals surface area contributed by atoms with Crippen molar-refractivity contribution < 1.29 is 9.53 Å². The van der Waals surface area contributed by atoms with Crippen LogP contribution in [0.5, 0.6) is 5.75 Å². The van der Waals surface area contributed by atoms with E-state index in [9.17, 15) is 4.79 Å². The molecule has 0 bridgehead atoms. The number of carbonyl (C=O) groups is 1. The van der Waals surface area contributed by atoms with Crippen LogP contribution in [0.3, 0.4) is 0 Å². The second kappa shape index (κ2) is 11.3. The van der Waals surface area contributed by atoms with Gasteiger partial charge in [-0.25, -0.2) is 5.43 Å². The van der Waals surface area contributed by atoms with Gasteiger partial charge in [0.15, 0.2) is 0 Å². The highest BCUT2D eigenvalue weighted by Crippen LogP contribution is 2.21. The number of carbonyl (C=O) groups excluding carboxylic acids is 1. The number of nitrogens with one attached hydrogen (secondary N) is 1. The van der Waals surface area contributed by atoms with E-state index >= 15 is 0 Å².